The Bertz CT molecular complexity index is 802. The Hall–Kier alpha value is -1.92. The predicted molar refractivity (Wildman–Crippen MR) is 121 cm³/mol. The highest BCUT2D eigenvalue weighted by atomic mass is 16.6. The summed E-state index contributed by atoms with van der Waals surface area (Å²) in [4.78, 5) is 31.0. The van der Waals surface area contributed by atoms with Gasteiger partial charge < -0.3 is 19.3 Å². The van der Waals surface area contributed by atoms with Gasteiger partial charge in [-0.2, -0.15) is 0 Å². The molecule has 0 spiro atoms. The minimum absolute atomic E-state index is 0.0341. The predicted octanol–water partition coefficient (Wildman–Crippen LogP) is 3.50. The zero-order valence-corrected chi connectivity index (χ0v) is 19.3. The molecule has 5 unspecified atom stereocenters. The molecule has 6 heteroatoms. The highest BCUT2D eigenvalue weighted by Gasteiger charge is 2.42. The van der Waals surface area contributed by atoms with E-state index in [4.69, 9.17) is 9.47 Å². The molecule has 174 valence electrons. The third kappa shape index (κ3) is 4.44. The number of carbonyl (C=O) groups excluding carboxylic acids is 2. The first-order chi connectivity index (χ1) is 15.5. The molecule has 0 amide bonds. The first kappa shape index (κ1) is 21.9. The number of fused-ring (bicyclic) bond motifs is 4. The van der Waals surface area contributed by atoms with Crippen LogP contribution in [-0.4, -0.2) is 72.2 Å². The third-order valence-corrected chi connectivity index (χ3v) is 8.55. The Kier molecular flexibility index (Phi) is 6.26. The number of hydrogen-bond acceptors (Lipinski definition) is 6. The highest BCUT2D eigenvalue weighted by molar-refractivity contribution is 5.84. The molecular weight excluding hydrogens is 404 g/mol. The van der Waals surface area contributed by atoms with Crippen LogP contribution in [0.3, 0.4) is 0 Å². The van der Waals surface area contributed by atoms with Crippen LogP contribution in [0.2, 0.25) is 0 Å². The fourth-order valence-corrected chi connectivity index (χ4v) is 6.59. The van der Waals surface area contributed by atoms with Crippen molar-refractivity contribution in [3.05, 3.63) is 35.9 Å². The molecule has 0 N–H and O–H groups in total. The van der Waals surface area contributed by atoms with Crippen LogP contribution in [0.5, 0.6) is 0 Å². The lowest BCUT2D eigenvalue weighted by atomic mass is 9.95. The van der Waals surface area contributed by atoms with Crippen LogP contribution in [-0.2, 0) is 19.1 Å². The van der Waals surface area contributed by atoms with Crippen molar-refractivity contribution < 1.29 is 19.1 Å². The van der Waals surface area contributed by atoms with Crippen molar-refractivity contribution in [1.29, 1.82) is 0 Å². The van der Waals surface area contributed by atoms with Gasteiger partial charge in [0.1, 0.15) is 12.2 Å². The average molecular weight is 441 g/mol. The summed E-state index contributed by atoms with van der Waals surface area (Å²) >= 11 is 0. The lowest BCUT2D eigenvalue weighted by Gasteiger charge is -2.36. The smallest absolute Gasteiger partial charge is 0.314 e. The van der Waals surface area contributed by atoms with E-state index in [9.17, 15) is 9.59 Å². The van der Waals surface area contributed by atoms with Crippen molar-refractivity contribution in [1.82, 2.24) is 9.80 Å². The van der Waals surface area contributed by atoms with E-state index in [1.807, 2.05) is 30.3 Å². The van der Waals surface area contributed by atoms with Crippen molar-refractivity contribution >= 4 is 11.9 Å². The highest BCUT2D eigenvalue weighted by Crippen LogP contribution is 2.37. The van der Waals surface area contributed by atoms with Crippen LogP contribution >= 0.6 is 0 Å². The molecule has 4 heterocycles. The average Bonchev–Trinajstić information content (AvgIpc) is 3.10. The van der Waals surface area contributed by atoms with Gasteiger partial charge in [0, 0.05) is 24.2 Å². The minimum atomic E-state index is -0.607. The molecule has 0 aromatic heterocycles. The molecule has 0 aliphatic carbocycles. The van der Waals surface area contributed by atoms with Crippen LogP contribution in [0.25, 0.3) is 0 Å². The minimum Gasteiger partial charge on any atom is -0.462 e. The van der Waals surface area contributed by atoms with Crippen molar-refractivity contribution in [3.8, 4) is 0 Å². The van der Waals surface area contributed by atoms with E-state index in [2.05, 4.69) is 23.9 Å². The van der Waals surface area contributed by atoms with Gasteiger partial charge >= 0.3 is 11.9 Å². The summed E-state index contributed by atoms with van der Waals surface area (Å²) < 4.78 is 11.9. The maximum atomic E-state index is 13.3. The Balaban J connectivity index is 1.22. The van der Waals surface area contributed by atoms with Crippen LogP contribution in [0.1, 0.15) is 69.3 Å². The van der Waals surface area contributed by atoms with Gasteiger partial charge in [0.2, 0.25) is 0 Å². The molecule has 4 aliphatic rings. The quantitative estimate of drug-likeness (QED) is 0.631. The topological polar surface area (TPSA) is 59.1 Å². The molecule has 0 radical (unpaired) electrons. The number of benzene rings is 1. The summed E-state index contributed by atoms with van der Waals surface area (Å²) in [5, 5.41) is 0. The van der Waals surface area contributed by atoms with Gasteiger partial charge in [-0.15, -0.1) is 0 Å². The van der Waals surface area contributed by atoms with Crippen LogP contribution < -0.4 is 0 Å². The van der Waals surface area contributed by atoms with Gasteiger partial charge in [-0.05, 0) is 71.0 Å². The van der Waals surface area contributed by atoms with E-state index in [1.165, 1.54) is 25.7 Å². The zero-order valence-electron chi connectivity index (χ0n) is 19.3. The van der Waals surface area contributed by atoms with E-state index in [0.29, 0.717) is 24.2 Å². The van der Waals surface area contributed by atoms with Gasteiger partial charge in [0.05, 0.1) is 12.3 Å². The van der Waals surface area contributed by atoms with Crippen molar-refractivity contribution in [2.75, 3.05) is 14.1 Å². The number of hydrogen-bond donors (Lipinski definition) is 0. The summed E-state index contributed by atoms with van der Waals surface area (Å²) in [6, 6.07) is 11.6. The monoisotopic (exact) mass is 440 g/mol. The van der Waals surface area contributed by atoms with Gasteiger partial charge in [-0.3, -0.25) is 9.59 Å². The van der Waals surface area contributed by atoms with Crippen molar-refractivity contribution in [2.24, 2.45) is 0 Å². The number of esters is 2. The molecule has 6 nitrogen and oxygen atoms in total. The molecule has 0 saturated carbocycles. The number of piperidine rings is 2. The van der Waals surface area contributed by atoms with E-state index in [1.54, 1.807) is 0 Å². The van der Waals surface area contributed by atoms with Gasteiger partial charge in [-0.1, -0.05) is 30.3 Å². The van der Waals surface area contributed by atoms with E-state index in [0.717, 1.165) is 31.2 Å². The normalized spacial score (nSPS) is 35.4. The first-order valence-electron chi connectivity index (χ1n) is 12.4. The molecule has 4 bridgehead atoms. The standard InChI is InChI=1S/C26H36N2O4/c1-27-18-8-9-19(27)13-22(12-18)31-25(29)16-24(17-6-4-3-5-7-17)26(30)32-23-14-20-10-11-21(15-23)28(20)2/h3-7,18-24H,8-16H2,1-2H3. The molecular formula is C26H36N2O4. The lowest BCUT2D eigenvalue weighted by Crippen LogP contribution is -2.44. The largest absolute Gasteiger partial charge is 0.462 e. The molecule has 5 rings (SSSR count). The molecule has 4 aliphatic heterocycles. The summed E-state index contributed by atoms with van der Waals surface area (Å²) in [5.74, 6) is -1.18. The molecule has 4 fully saturated rings. The molecule has 4 saturated heterocycles. The number of carbonyl (C=O) groups is 2. The van der Waals surface area contributed by atoms with E-state index < -0.39 is 5.92 Å². The lowest BCUT2D eigenvalue weighted by molar-refractivity contribution is -0.161. The van der Waals surface area contributed by atoms with Gasteiger partial charge in [-0.25, -0.2) is 0 Å². The second-order valence-corrected chi connectivity index (χ2v) is 10.4. The second-order valence-electron chi connectivity index (χ2n) is 10.4. The maximum absolute atomic E-state index is 13.3. The summed E-state index contributed by atoms with van der Waals surface area (Å²) in [5.41, 5.74) is 0.828. The van der Waals surface area contributed by atoms with Gasteiger partial charge in [0.15, 0.2) is 0 Å². The Labute approximate surface area is 191 Å². The summed E-state index contributed by atoms with van der Waals surface area (Å²) in [6.07, 6.45) is 8.28. The number of nitrogens with zero attached hydrogens (tertiary/aromatic N) is 2. The first-order valence-corrected chi connectivity index (χ1v) is 12.4. The molecule has 5 atom stereocenters. The van der Waals surface area contributed by atoms with Crippen LogP contribution in [0, 0.1) is 0 Å². The zero-order chi connectivity index (χ0) is 22.2. The molecule has 1 aromatic carbocycles. The Morgan fingerprint density at radius 1 is 0.812 bits per heavy atom. The second kappa shape index (κ2) is 9.14. The Morgan fingerprint density at radius 3 is 1.78 bits per heavy atom. The maximum Gasteiger partial charge on any atom is 0.314 e. The molecule has 1 aromatic rings. The number of ether oxygens (including phenoxy) is 2. The fourth-order valence-electron chi connectivity index (χ4n) is 6.59. The Morgan fingerprint density at radius 2 is 1.28 bits per heavy atom. The van der Waals surface area contributed by atoms with Gasteiger partial charge in [0.25, 0.3) is 0 Å². The van der Waals surface area contributed by atoms with Crippen LogP contribution in [0.4, 0.5) is 0 Å². The van der Waals surface area contributed by atoms with Crippen molar-refractivity contribution in [2.45, 2.75) is 100 Å². The SMILES string of the molecule is CN1C2CCC1CC(OC(=O)CC(C(=O)OC1CC3CCC(C1)N3C)c1ccccc1)C2. The van der Waals surface area contributed by atoms with Crippen LogP contribution in [0.15, 0.2) is 30.3 Å². The van der Waals surface area contributed by atoms with Crippen molar-refractivity contribution in [3.63, 3.8) is 0 Å². The summed E-state index contributed by atoms with van der Waals surface area (Å²) in [7, 11) is 4.36. The molecule has 32 heavy (non-hydrogen) atoms. The van der Waals surface area contributed by atoms with E-state index in [-0.39, 0.29) is 30.6 Å². The fraction of sp³-hybridized carbons (Fsp3) is 0.692. The van der Waals surface area contributed by atoms with E-state index >= 15 is 0 Å². The summed E-state index contributed by atoms with van der Waals surface area (Å²) in [6.45, 7) is 0. The number of rotatable bonds is 6. The third-order valence-electron chi connectivity index (χ3n) is 8.55.